The Morgan fingerprint density at radius 3 is 2.86 bits per heavy atom. The van der Waals surface area contributed by atoms with Gasteiger partial charge < -0.3 is 18.9 Å². The van der Waals surface area contributed by atoms with E-state index in [9.17, 15) is 4.79 Å². The third-order valence-electron chi connectivity index (χ3n) is 5.68. The summed E-state index contributed by atoms with van der Waals surface area (Å²) < 4.78 is 14.2. The van der Waals surface area contributed by atoms with Crippen LogP contribution in [0, 0.1) is 0 Å². The molecular formula is C20H23N5O3. The van der Waals surface area contributed by atoms with Crippen molar-refractivity contribution in [1.82, 2.24) is 24.9 Å². The minimum atomic E-state index is -0.0786. The van der Waals surface area contributed by atoms with Gasteiger partial charge in [0, 0.05) is 44.1 Å². The second-order valence-corrected chi connectivity index (χ2v) is 7.39. The van der Waals surface area contributed by atoms with E-state index >= 15 is 0 Å². The van der Waals surface area contributed by atoms with E-state index in [-0.39, 0.29) is 12.0 Å². The third-order valence-corrected chi connectivity index (χ3v) is 5.68. The van der Waals surface area contributed by atoms with E-state index in [4.69, 9.17) is 9.47 Å². The molecule has 2 aliphatic rings. The summed E-state index contributed by atoms with van der Waals surface area (Å²) in [5.41, 5.74) is 1.55. The number of nitrogens with zero attached hydrogens (tertiary/aromatic N) is 4. The van der Waals surface area contributed by atoms with Crippen LogP contribution in [0.25, 0.3) is 10.9 Å². The average molecular weight is 381 g/mol. The number of amides is 1. The molecule has 28 heavy (non-hydrogen) atoms. The number of piperidine rings is 1. The number of carbonyl (C=O) groups is 1. The summed E-state index contributed by atoms with van der Waals surface area (Å²) in [6, 6.07) is 8.75. The highest BCUT2D eigenvalue weighted by atomic mass is 16.5. The highest BCUT2D eigenvalue weighted by Gasteiger charge is 2.26. The van der Waals surface area contributed by atoms with Crippen molar-refractivity contribution in [3.8, 4) is 5.75 Å². The van der Waals surface area contributed by atoms with E-state index in [2.05, 4.69) is 38.3 Å². The maximum atomic E-state index is 12.4. The predicted octanol–water partition coefficient (Wildman–Crippen LogP) is 2.40. The lowest BCUT2D eigenvalue weighted by molar-refractivity contribution is 0.0592. The van der Waals surface area contributed by atoms with Gasteiger partial charge in [0.25, 0.3) is 5.91 Å². The molecule has 146 valence electrons. The van der Waals surface area contributed by atoms with Crippen molar-refractivity contribution >= 4 is 16.8 Å². The number of benzene rings is 1. The Bertz CT molecular complexity index is 954. The Hall–Kier alpha value is -2.87. The lowest BCUT2D eigenvalue weighted by atomic mass is 10.1. The first-order valence-corrected chi connectivity index (χ1v) is 9.78. The van der Waals surface area contributed by atoms with Gasteiger partial charge in [0.2, 0.25) is 0 Å². The van der Waals surface area contributed by atoms with Crippen molar-refractivity contribution in [1.29, 1.82) is 0 Å². The molecule has 2 saturated heterocycles. The highest BCUT2D eigenvalue weighted by molar-refractivity contribution is 5.92. The number of nitrogens with one attached hydrogen (secondary N) is 1. The lowest BCUT2D eigenvalue weighted by Crippen LogP contribution is -2.41. The quantitative estimate of drug-likeness (QED) is 0.750. The largest absolute Gasteiger partial charge is 0.490 e. The molecule has 1 atom stereocenters. The summed E-state index contributed by atoms with van der Waals surface area (Å²) in [6.45, 7) is 2.92. The van der Waals surface area contributed by atoms with E-state index in [1.165, 1.54) is 11.7 Å². The Morgan fingerprint density at radius 2 is 2.11 bits per heavy atom. The molecule has 1 amide bonds. The number of fused-ring (bicyclic) bond motifs is 1. The Labute approximate surface area is 162 Å². The fraction of sp³-hybridized carbons (Fsp3) is 0.450. The van der Waals surface area contributed by atoms with Crippen LogP contribution in [-0.4, -0.2) is 63.2 Å². The van der Waals surface area contributed by atoms with Crippen molar-refractivity contribution in [3.05, 3.63) is 42.4 Å². The van der Waals surface area contributed by atoms with E-state index < -0.39 is 0 Å². The first kappa shape index (κ1) is 17.2. The molecule has 8 nitrogen and oxygen atoms in total. The van der Waals surface area contributed by atoms with Gasteiger partial charge in [0.15, 0.2) is 5.69 Å². The normalized spacial score (nSPS) is 20.7. The molecule has 0 saturated carbocycles. The molecule has 8 heteroatoms. The van der Waals surface area contributed by atoms with Crippen LogP contribution >= 0.6 is 0 Å². The van der Waals surface area contributed by atoms with Crippen molar-refractivity contribution in [2.75, 3.05) is 26.3 Å². The number of aromatic amines is 1. The first-order valence-electron chi connectivity index (χ1n) is 9.78. The van der Waals surface area contributed by atoms with Crippen molar-refractivity contribution < 1.29 is 14.3 Å². The standard InChI is InChI=1S/C20H23N5O3/c26-20(17-12-21-23-22-17)24-8-4-15(5-9-24)28-19-3-1-2-18-16(19)6-10-25(18)14-7-11-27-13-14/h1-3,6,10,12,14-15H,4-5,7-9,11,13H2,(H,21,22,23). The molecule has 3 aromatic rings. The molecule has 0 spiro atoms. The zero-order valence-electron chi connectivity index (χ0n) is 15.6. The Balaban J connectivity index is 1.27. The number of aromatic nitrogens is 4. The van der Waals surface area contributed by atoms with Crippen LogP contribution in [0.2, 0.25) is 0 Å². The molecule has 2 fully saturated rings. The lowest BCUT2D eigenvalue weighted by Gasteiger charge is -2.31. The molecule has 0 aliphatic carbocycles. The number of carbonyl (C=O) groups excluding carboxylic acids is 1. The SMILES string of the molecule is O=C(c1cn[nH]n1)N1CCC(Oc2cccc3c2ccn3C2CCOC2)CC1. The summed E-state index contributed by atoms with van der Waals surface area (Å²) in [4.78, 5) is 14.2. The first-order chi connectivity index (χ1) is 13.8. The van der Waals surface area contributed by atoms with Gasteiger partial charge in [0.05, 0.1) is 24.4 Å². The molecule has 2 aromatic heterocycles. The van der Waals surface area contributed by atoms with Crippen molar-refractivity contribution in [2.24, 2.45) is 0 Å². The second kappa shape index (κ2) is 7.27. The molecule has 4 heterocycles. The minimum Gasteiger partial charge on any atom is -0.490 e. The number of H-pyrrole nitrogens is 1. The summed E-state index contributed by atoms with van der Waals surface area (Å²) in [5, 5.41) is 11.2. The smallest absolute Gasteiger partial charge is 0.276 e. The van der Waals surface area contributed by atoms with Gasteiger partial charge in [-0.25, -0.2) is 0 Å². The predicted molar refractivity (Wildman–Crippen MR) is 102 cm³/mol. The average Bonchev–Trinajstić information content (AvgIpc) is 3.49. The Morgan fingerprint density at radius 1 is 1.21 bits per heavy atom. The zero-order valence-corrected chi connectivity index (χ0v) is 15.6. The van der Waals surface area contributed by atoms with Crippen LogP contribution in [0.4, 0.5) is 0 Å². The van der Waals surface area contributed by atoms with Crippen molar-refractivity contribution in [3.63, 3.8) is 0 Å². The van der Waals surface area contributed by atoms with Gasteiger partial charge >= 0.3 is 0 Å². The number of hydrogen-bond acceptors (Lipinski definition) is 5. The molecular weight excluding hydrogens is 358 g/mol. The van der Waals surface area contributed by atoms with Gasteiger partial charge in [-0.2, -0.15) is 15.4 Å². The second-order valence-electron chi connectivity index (χ2n) is 7.39. The molecule has 1 aromatic carbocycles. The highest BCUT2D eigenvalue weighted by Crippen LogP contribution is 2.32. The molecule has 1 unspecified atom stereocenters. The van der Waals surface area contributed by atoms with E-state index in [1.807, 2.05) is 17.0 Å². The topological polar surface area (TPSA) is 85.3 Å². The summed E-state index contributed by atoms with van der Waals surface area (Å²) in [6.07, 6.45) is 6.35. The summed E-state index contributed by atoms with van der Waals surface area (Å²) in [5.74, 6) is 0.835. The maximum absolute atomic E-state index is 12.4. The van der Waals surface area contributed by atoms with Crippen LogP contribution in [-0.2, 0) is 4.74 Å². The van der Waals surface area contributed by atoms with Gasteiger partial charge in [-0.3, -0.25) is 4.79 Å². The van der Waals surface area contributed by atoms with Crippen LogP contribution in [0.15, 0.2) is 36.7 Å². The minimum absolute atomic E-state index is 0.0786. The summed E-state index contributed by atoms with van der Waals surface area (Å²) in [7, 11) is 0. The fourth-order valence-corrected chi connectivity index (χ4v) is 4.15. The number of likely N-dealkylation sites (tertiary alicyclic amines) is 1. The van der Waals surface area contributed by atoms with E-state index in [0.29, 0.717) is 24.8 Å². The number of rotatable bonds is 4. The summed E-state index contributed by atoms with van der Waals surface area (Å²) >= 11 is 0. The van der Waals surface area contributed by atoms with Crippen molar-refractivity contribution in [2.45, 2.75) is 31.4 Å². The number of hydrogen-bond donors (Lipinski definition) is 1. The van der Waals surface area contributed by atoms with Gasteiger partial charge in [-0.1, -0.05) is 6.07 Å². The number of ether oxygens (including phenoxy) is 2. The van der Waals surface area contributed by atoms with Gasteiger partial charge in [-0.15, -0.1) is 0 Å². The van der Waals surface area contributed by atoms with E-state index in [1.54, 1.807) is 0 Å². The zero-order chi connectivity index (χ0) is 18.9. The van der Waals surface area contributed by atoms with Gasteiger partial charge in [0.1, 0.15) is 11.9 Å². The molecule has 1 N–H and O–H groups in total. The molecule has 0 bridgehead atoms. The Kier molecular flexibility index (Phi) is 4.48. The molecule has 0 radical (unpaired) electrons. The molecule has 2 aliphatic heterocycles. The van der Waals surface area contributed by atoms with Crippen LogP contribution in [0.5, 0.6) is 5.75 Å². The van der Waals surface area contributed by atoms with E-state index in [0.717, 1.165) is 43.6 Å². The van der Waals surface area contributed by atoms with Crippen LogP contribution in [0.1, 0.15) is 35.8 Å². The molecule has 5 rings (SSSR count). The van der Waals surface area contributed by atoms with Gasteiger partial charge in [-0.05, 0) is 24.6 Å². The monoisotopic (exact) mass is 381 g/mol. The van der Waals surface area contributed by atoms with Crippen LogP contribution < -0.4 is 4.74 Å². The van der Waals surface area contributed by atoms with Crippen LogP contribution in [0.3, 0.4) is 0 Å². The fourth-order valence-electron chi connectivity index (χ4n) is 4.15. The maximum Gasteiger partial charge on any atom is 0.276 e. The third kappa shape index (κ3) is 3.13.